The van der Waals surface area contributed by atoms with E-state index < -0.39 is 12.0 Å². The van der Waals surface area contributed by atoms with E-state index >= 15 is 0 Å². The van der Waals surface area contributed by atoms with Crippen molar-refractivity contribution in [3.63, 3.8) is 0 Å². The second-order valence-corrected chi connectivity index (χ2v) is 8.16. The number of fused-ring (bicyclic) bond motifs is 1. The van der Waals surface area contributed by atoms with Crippen LogP contribution in [0.5, 0.6) is 0 Å². The molecule has 4 rings (SSSR count). The third kappa shape index (κ3) is 2.74. The number of rotatable bonds is 2. The molecule has 27 heavy (non-hydrogen) atoms. The van der Waals surface area contributed by atoms with E-state index in [1.165, 1.54) is 0 Å². The molecule has 0 radical (unpaired) electrons. The lowest BCUT2D eigenvalue weighted by molar-refractivity contribution is -0.118. The fourth-order valence-electron chi connectivity index (χ4n) is 4.02. The minimum atomic E-state index is -1.18. The van der Waals surface area contributed by atoms with Crippen LogP contribution in [0.4, 0.5) is 5.95 Å². The van der Waals surface area contributed by atoms with Crippen molar-refractivity contribution in [3.8, 4) is 0 Å². The average Bonchev–Trinajstić information content (AvgIpc) is 3.02. The number of aromatic nitrogens is 3. The molecule has 1 aromatic carbocycles. The quantitative estimate of drug-likeness (QED) is 0.879. The van der Waals surface area contributed by atoms with Crippen LogP contribution in [-0.2, 0) is 4.79 Å². The molecule has 7 nitrogen and oxygen atoms in total. The van der Waals surface area contributed by atoms with Crippen LogP contribution in [0.1, 0.15) is 54.5 Å². The van der Waals surface area contributed by atoms with Crippen LogP contribution in [0, 0.1) is 12.3 Å². The van der Waals surface area contributed by atoms with E-state index in [9.17, 15) is 14.7 Å². The Kier molecular flexibility index (Phi) is 3.73. The molecular formula is C20H22N4O3. The number of benzene rings is 1. The Balaban J connectivity index is 1.97. The Morgan fingerprint density at radius 3 is 2.52 bits per heavy atom. The lowest BCUT2D eigenvalue weighted by atomic mass is 9.72. The number of carboxylic acid groups (broad SMARTS) is 1. The summed E-state index contributed by atoms with van der Waals surface area (Å²) in [6.07, 6.45) is 1.18. The molecule has 0 bridgehead atoms. The molecule has 0 saturated heterocycles. The third-order valence-corrected chi connectivity index (χ3v) is 5.32. The predicted octanol–water partition coefficient (Wildman–Crippen LogP) is 2.97. The van der Waals surface area contributed by atoms with Crippen LogP contribution in [0.15, 0.2) is 35.5 Å². The van der Waals surface area contributed by atoms with E-state index in [0.717, 1.165) is 23.2 Å². The van der Waals surface area contributed by atoms with Crippen molar-refractivity contribution in [2.24, 2.45) is 5.41 Å². The first kappa shape index (κ1) is 17.5. The number of anilines is 1. The van der Waals surface area contributed by atoms with Gasteiger partial charge in [0.05, 0.1) is 0 Å². The van der Waals surface area contributed by atoms with Crippen molar-refractivity contribution in [3.05, 3.63) is 52.5 Å². The van der Waals surface area contributed by atoms with Crippen LogP contribution in [0.2, 0.25) is 0 Å². The number of Topliss-reactive ketones (excluding diaryl/α,β-unsaturated/α-hetero) is 1. The minimum absolute atomic E-state index is 0.0803. The van der Waals surface area contributed by atoms with Gasteiger partial charge in [-0.2, -0.15) is 4.98 Å². The van der Waals surface area contributed by atoms with E-state index in [-0.39, 0.29) is 17.0 Å². The maximum atomic E-state index is 13.1. The summed E-state index contributed by atoms with van der Waals surface area (Å²) in [5, 5.41) is 13.6. The normalized spacial score (nSPS) is 21.1. The Hall–Kier alpha value is -2.96. The van der Waals surface area contributed by atoms with Crippen molar-refractivity contribution < 1.29 is 14.7 Å². The van der Waals surface area contributed by atoms with Gasteiger partial charge in [0, 0.05) is 24.7 Å². The second-order valence-electron chi connectivity index (χ2n) is 8.16. The number of aryl methyl sites for hydroxylation is 1. The van der Waals surface area contributed by atoms with E-state index in [0.29, 0.717) is 17.9 Å². The number of carbonyl (C=O) groups is 2. The third-order valence-electron chi connectivity index (χ3n) is 5.32. The molecule has 0 spiro atoms. The molecule has 1 aliphatic carbocycles. The van der Waals surface area contributed by atoms with Crippen molar-refractivity contribution in [2.45, 2.75) is 39.7 Å². The summed E-state index contributed by atoms with van der Waals surface area (Å²) in [6.45, 7) is 6.15. The van der Waals surface area contributed by atoms with Gasteiger partial charge in [0.15, 0.2) is 5.78 Å². The minimum Gasteiger partial charge on any atom is -0.475 e. The summed E-state index contributed by atoms with van der Waals surface area (Å²) in [6, 6.07) is 7.44. The number of nitrogens with zero attached hydrogens (tertiary/aromatic N) is 4. The molecule has 0 amide bonds. The van der Waals surface area contributed by atoms with Gasteiger partial charge in [-0.1, -0.05) is 43.7 Å². The highest BCUT2D eigenvalue weighted by molar-refractivity contribution is 6.00. The standard InChI is InChI=1S/C20H22N4O3/c1-11-5-7-12(8-6-11)16-15-13(9-20(2,3)10-14(15)25)23(4)19-21-17(18(26)27)22-24(16)19/h5-8,16H,9-10H2,1-4H3,(H,26,27). The molecule has 0 fully saturated rings. The number of carboxylic acids is 1. The van der Waals surface area contributed by atoms with Gasteiger partial charge < -0.3 is 10.0 Å². The summed E-state index contributed by atoms with van der Waals surface area (Å²) < 4.78 is 1.57. The van der Waals surface area contributed by atoms with Crippen molar-refractivity contribution in [1.29, 1.82) is 0 Å². The molecule has 1 atom stereocenters. The largest absolute Gasteiger partial charge is 0.475 e. The summed E-state index contributed by atoms with van der Waals surface area (Å²) in [4.78, 5) is 30.6. The molecule has 2 aliphatic rings. The molecule has 2 aromatic rings. The highest BCUT2D eigenvalue weighted by Crippen LogP contribution is 2.47. The number of aromatic carboxylic acids is 1. The first-order valence-corrected chi connectivity index (χ1v) is 8.94. The first-order chi connectivity index (χ1) is 12.7. The number of carbonyl (C=O) groups excluding carboxylic acids is 1. The fraction of sp³-hybridized carbons (Fsp3) is 0.400. The lowest BCUT2D eigenvalue weighted by Crippen LogP contribution is -2.40. The van der Waals surface area contributed by atoms with Crippen LogP contribution < -0.4 is 4.90 Å². The molecule has 1 unspecified atom stereocenters. The molecule has 2 heterocycles. The van der Waals surface area contributed by atoms with Gasteiger partial charge in [-0.3, -0.25) is 4.79 Å². The number of hydrogen-bond acceptors (Lipinski definition) is 5. The average molecular weight is 366 g/mol. The summed E-state index contributed by atoms with van der Waals surface area (Å²) in [5.41, 5.74) is 3.45. The smallest absolute Gasteiger partial charge is 0.375 e. The Bertz CT molecular complexity index is 985. The number of allylic oxidation sites excluding steroid dienone is 2. The van der Waals surface area contributed by atoms with Crippen LogP contribution in [0.25, 0.3) is 0 Å². The zero-order valence-corrected chi connectivity index (χ0v) is 15.9. The van der Waals surface area contributed by atoms with Gasteiger partial charge in [-0.05, 0) is 24.3 Å². The number of ketones is 1. The molecule has 1 N–H and O–H groups in total. The molecular weight excluding hydrogens is 344 g/mol. The monoisotopic (exact) mass is 366 g/mol. The van der Waals surface area contributed by atoms with Crippen LogP contribution in [0.3, 0.4) is 0 Å². The Labute approximate surface area is 157 Å². The lowest BCUT2D eigenvalue weighted by Gasteiger charge is -2.41. The summed E-state index contributed by atoms with van der Waals surface area (Å²) in [5.74, 6) is -0.919. The van der Waals surface area contributed by atoms with E-state index in [4.69, 9.17) is 0 Å². The Morgan fingerprint density at radius 2 is 1.89 bits per heavy atom. The van der Waals surface area contributed by atoms with E-state index in [2.05, 4.69) is 23.9 Å². The van der Waals surface area contributed by atoms with Gasteiger partial charge in [-0.15, -0.1) is 5.10 Å². The van der Waals surface area contributed by atoms with Crippen LogP contribution in [-0.4, -0.2) is 38.7 Å². The summed E-state index contributed by atoms with van der Waals surface area (Å²) >= 11 is 0. The highest BCUT2D eigenvalue weighted by atomic mass is 16.4. The van der Waals surface area contributed by atoms with E-state index in [1.54, 1.807) is 4.68 Å². The molecule has 0 saturated carbocycles. The topological polar surface area (TPSA) is 88.3 Å². The zero-order chi connectivity index (χ0) is 19.5. The molecule has 140 valence electrons. The van der Waals surface area contributed by atoms with Gasteiger partial charge in [0.25, 0.3) is 5.82 Å². The SMILES string of the molecule is Cc1ccc(C2C3=C(CC(C)(C)CC3=O)N(C)c3nc(C(=O)O)nn32)cc1. The van der Waals surface area contributed by atoms with Gasteiger partial charge in [0.2, 0.25) is 5.95 Å². The maximum absolute atomic E-state index is 13.1. The molecule has 1 aliphatic heterocycles. The number of hydrogen-bond donors (Lipinski definition) is 1. The summed E-state index contributed by atoms with van der Waals surface area (Å²) in [7, 11) is 1.82. The van der Waals surface area contributed by atoms with Crippen molar-refractivity contribution in [2.75, 3.05) is 11.9 Å². The van der Waals surface area contributed by atoms with Crippen LogP contribution >= 0.6 is 0 Å². The maximum Gasteiger partial charge on any atom is 0.375 e. The zero-order valence-electron chi connectivity index (χ0n) is 15.9. The first-order valence-electron chi connectivity index (χ1n) is 8.94. The Morgan fingerprint density at radius 1 is 1.22 bits per heavy atom. The van der Waals surface area contributed by atoms with Gasteiger partial charge in [0.1, 0.15) is 6.04 Å². The predicted molar refractivity (Wildman–Crippen MR) is 99.8 cm³/mol. The van der Waals surface area contributed by atoms with Crippen molar-refractivity contribution in [1.82, 2.24) is 14.8 Å². The van der Waals surface area contributed by atoms with Gasteiger partial charge >= 0.3 is 5.97 Å². The second kappa shape index (κ2) is 5.77. The van der Waals surface area contributed by atoms with E-state index in [1.807, 2.05) is 43.1 Å². The highest BCUT2D eigenvalue weighted by Gasteiger charge is 2.44. The molecule has 1 aromatic heterocycles. The fourth-order valence-corrected chi connectivity index (χ4v) is 4.02. The van der Waals surface area contributed by atoms with Crippen molar-refractivity contribution >= 4 is 17.7 Å². The van der Waals surface area contributed by atoms with Gasteiger partial charge in [-0.25, -0.2) is 9.48 Å². The molecule has 7 heteroatoms.